The zero-order valence-electron chi connectivity index (χ0n) is 15.7. The maximum absolute atomic E-state index is 13.2. The summed E-state index contributed by atoms with van der Waals surface area (Å²) in [6.45, 7) is 3.73. The number of amides is 1. The van der Waals surface area contributed by atoms with Gasteiger partial charge < -0.3 is 4.74 Å². The lowest BCUT2D eigenvalue weighted by atomic mass is 10.0. The van der Waals surface area contributed by atoms with E-state index in [-0.39, 0.29) is 5.75 Å². The van der Waals surface area contributed by atoms with Gasteiger partial charge in [0.25, 0.3) is 5.91 Å². The second kappa shape index (κ2) is 8.03. The molecule has 6 nitrogen and oxygen atoms in total. The van der Waals surface area contributed by atoms with Crippen LogP contribution < -0.4 is 0 Å². The Kier molecular flexibility index (Phi) is 5.48. The van der Waals surface area contributed by atoms with E-state index in [1.54, 1.807) is 24.3 Å². The molecule has 2 aromatic rings. The SMILES string of the molecule is O=C1c2ccccc2CS(=O)(=O)N1C(CCN1CCOCC1)c1ccccc1. The first kappa shape index (κ1) is 19.1. The van der Waals surface area contributed by atoms with E-state index >= 15 is 0 Å². The van der Waals surface area contributed by atoms with Crippen LogP contribution in [0.5, 0.6) is 0 Å². The third-order valence-electron chi connectivity index (χ3n) is 5.38. The molecule has 0 aromatic heterocycles. The molecule has 0 aliphatic carbocycles. The summed E-state index contributed by atoms with van der Waals surface area (Å²) in [5, 5.41) is 0. The Bertz CT molecular complexity index is 940. The van der Waals surface area contributed by atoms with Gasteiger partial charge in [0.1, 0.15) is 0 Å². The molecule has 0 N–H and O–H groups in total. The third kappa shape index (κ3) is 3.83. The van der Waals surface area contributed by atoms with Crippen LogP contribution in [0.3, 0.4) is 0 Å². The Hall–Kier alpha value is -2.22. The number of nitrogens with zero attached hydrogens (tertiary/aromatic N) is 2. The Morgan fingerprint density at radius 1 is 0.964 bits per heavy atom. The standard InChI is InChI=1S/C21H24N2O4S/c24-21-19-9-5-4-8-18(19)16-28(25,26)23(21)20(17-6-2-1-3-7-17)10-11-22-12-14-27-15-13-22/h1-9,20H,10-16H2. The number of fused-ring (bicyclic) bond motifs is 1. The number of carbonyl (C=O) groups is 1. The smallest absolute Gasteiger partial charge is 0.268 e. The number of benzene rings is 2. The lowest BCUT2D eigenvalue weighted by Crippen LogP contribution is -2.45. The van der Waals surface area contributed by atoms with Crippen molar-refractivity contribution in [2.75, 3.05) is 32.8 Å². The molecule has 2 heterocycles. The summed E-state index contributed by atoms with van der Waals surface area (Å²) in [7, 11) is -3.75. The highest BCUT2D eigenvalue weighted by Crippen LogP contribution is 2.34. The van der Waals surface area contributed by atoms with Gasteiger partial charge in [-0.05, 0) is 23.6 Å². The van der Waals surface area contributed by atoms with Crippen LogP contribution in [-0.4, -0.2) is 56.4 Å². The minimum absolute atomic E-state index is 0.143. The Labute approximate surface area is 165 Å². The number of hydrogen-bond donors (Lipinski definition) is 0. The van der Waals surface area contributed by atoms with E-state index in [2.05, 4.69) is 4.90 Å². The Morgan fingerprint density at radius 3 is 2.39 bits per heavy atom. The molecule has 4 rings (SSSR count). The monoisotopic (exact) mass is 400 g/mol. The number of morpholine rings is 1. The van der Waals surface area contributed by atoms with E-state index in [1.807, 2.05) is 30.3 Å². The summed E-state index contributed by atoms with van der Waals surface area (Å²) < 4.78 is 32.7. The normalized spacial score (nSPS) is 20.6. The molecule has 1 fully saturated rings. The highest BCUT2D eigenvalue weighted by molar-refractivity contribution is 7.89. The molecule has 1 atom stereocenters. The zero-order chi connectivity index (χ0) is 19.6. The van der Waals surface area contributed by atoms with Crippen LogP contribution in [-0.2, 0) is 20.5 Å². The van der Waals surface area contributed by atoms with Crippen LogP contribution >= 0.6 is 0 Å². The van der Waals surface area contributed by atoms with Crippen molar-refractivity contribution in [3.8, 4) is 0 Å². The van der Waals surface area contributed by atoms with E-state index in [4.69, 9.17) is 4.74 Å². The van der Waals surface area contributed by atoms with Crippen molar-refractivity contribution in [3.05, 3.63) is 71.3 Å². The number of ether oxygens (including phenoxy) is 1. The molecule has 1 amide bonds. The molecule has 7 heteroatoms. The summed E-state index contributed by atoms with van der Waals surface area (Å²) in [6.07, 6.45) is 0.553. The molecule has 2 aliphatic heterocycles. The van der Waals surface area contributed by atoms with Crippen molar-refractivity contribution in [3.63, 3.8) is 0 Å². The van der Waals surface area contributed by atoms with Gasteiger partial charge in [-0.25, -0.2) is 12.7 Å². The highest BCUT2D eigenvalue weighted by atomic mass is 32.2. The van der Waals surface area contributed by atoms with Crippen molar-refractivity contribution < 1.29 is 17.9 Å². The highest BCUT2D eigenvalue weighted by Gasteiger charge is 2.40. The predicted molar refractivity (Wildman–Crippen MR) is 106 cm³/mol. The van der Waals surface area contributed by atoms with E-state index in [0.717, 1.165) is 23.0 Å². The summed E-state index contributed by atoms with van der Waals surface area (Å²) in [6, 6.07) is 15.9. The lowest BCUT2D eigenvalue weighted by molar-refractivity contribution is 0.0344. The fraction of sp³-hybridized carbons (Fsp3) is 0.381. The lowest BCUT2D eigenvalue weighted by Gasteiger charge is -2.36. The van der Waals surface area contributed by atoms with Crippen LogP contribution in [0.1, 0.15) is 33.9 Å². The number of sulfonamides is 1. The summed E-state index contributed by atoms with van der Waals surface area (Å²) in [5.41, 5.74) is 1.89. The number of carbonyl (C=O) groups excluding carboxylic acids is 1. The average Bonchev–Trinajstić information content (AvgIpc) is 2.71. The van der Waals surface area contributed by atoms with Crippen LogP contribution in [0.2, 0.25) is 0 Å². The van der Waals surface area contributed by atoms with Gasteiger partial charge in [-0.2, -0.15) is 0 Å². The summed E-state index contributed by atoms with van der Waals surface area (Å²) in [5.74, 6) is -0.576. The van der Waals surface area contributed by atoms with Gasteiger partial charge in [0, 0.05) is 25.2 Å². The van der Waals surface area contributed by atoms with E-state index in [1.165, 1.54) is 0 Å². The van der Waals surface area contributed by atoms with Crippen molar-refractivity contribution >= 4 is 15.9 Å². The van der Waals surface area contributed by atoms with Crippen molar-refractivity contribution in [1.29, 1.82) is 0 Å². The molecular formula is C21H24N2O4S. The quantitative estimate of drug-likeness (QED) is 0.771. The van der Waals surface area contributed by atoms with E-state index in [9.17, 15) is 13.2 Å². The summed E-state index contributed by atoms with van der Waals surface area (Å²) in [4.78, 5) is 15.5. The van der Waals surface area contributed by atoms with Crippen LogP contribution in [0, 0.1) is 0 Å². The number of rotatable bonds is 5. The van der Waals surface area contributed by atoms with Gasteiger partial charge in [-0.3, -0.25) is 9.69 Å². The first-order chi connectivity index (χ1) is 13.6. The maximum atomic E-state index is 13.2. The average molecular weight is 401 g/mol. The van der Waals surface area contributed by atoms with Gasteiger partial charge >= 0.3 is 0 Å². The molecule has 0 bridgehead atoms. The van der Waals surface area contributed by atoms with Gasteiger partial charge in [0.05, 0.1) is 25.0 Å². The van der Waals surface area contributed by atoms with Crippen LogP contribution in [0.25, 0.3) is 0 Å². The van der Waals surface area contributed by atoms with Gasteiger partial charge in [-0.15, -0.1) is 0 Å². The maximum Gasteiger partial charge on any atom is 0.268 e. The first-order valence-electron chi connectivity index (χ1n) is 9.56. The topological polar surface area (TPSA) is 66.9 Å². The van der Waals surface area contributed by atoms with Crippen LogP contribution in [0.4, 0.5) is 0 Å². The second-order valence-corrected chi connectivity index (χ2v) is 9.03. The fourth-order valence-corrected chi connectivity index (χ4v) is 5.68. The molecule has 2 aromatic carbocycles. The van der Waals surface area contributed by atoms with Gasteiger partial charge in [-0.1, -0.05) is 48.5 Å². The molecule has 0 radical (unpaired) electrons. The first-order valence-corrected chi connectivity index (χ1v) is 11.2. The minimum Gasteiger partial charge on any atom is -0.379 e. The molecule has 0 saturated carbocycles. The molecule has 0 spiro atoms. The fourth-order valence-electron chi connectivity index (χ4n) is 3.93. The second-order valence-electron chi connectivity index (χ2n) is 7.18. The van der Waals surface area contributed by atoms with Gasteiger partial charge in [0.15, 0.2) is 0 Å². The molecule has 148 valence electrons. The van der Waals surface area contributed by atoms with Crippen LogP contribution in [0.15, 0.2) is 54.6 Å². The van der Waals surface area contributed by atoms with Crippen molar-refractivity contribution in [2.24, 2.45) is 0 Å². The number of hydrogen-bond acceptors (Lipinski definition) is 5. The molecule has 1 saturated heterocycles. The van der Waals surface area contributed by atoms with E-state index < -0.39 is 22.0 Å². The molecule has 1 unspecified atom stereocenters. The van der Waals surface area contributed by atoms with E-state index in [0.29, 0.717) is 37.3 Å². The largest absolute Gasteiger partial charge is 0.379 e. The summed E-state index contributed by atoms with van der Waals surface area (Å²) >= 11 is 0. The zero-order valence-corrected chi connectivity index (χ0v) is 16.5. The van der Waals surface area contributed by atoms with Gasteiger partial charge in [0.2, 0.25) is 10.0 Å². The predicted octanol–water partition coefficient (Wildman–Crippen LogP) is 2.44. The Morgan fingerprint density at radius 2 is 1.64 bits per heavy atom. The van der Waals surface area contributed by atoms with Crippen molar-refractivity contribution in [2.45, 2.75) is 18.2 Å². The Balaban J connectivity index is 1.68. The third-order valence-corrected chi connectivity index (χ3v) is 7.07. The molecule has 2 aliphatic rings. The van der Waals surface area contributed by atoms with Crippen molar-refractivity contribution in [1.82, 2.24) is 9.21 Å². The molecule has 28 heavy (non-hydrogen) atoms. The minimum atomic E-state index is -3.75. The molecular weight excluding hydrogens is 376 g/mol.